The molecule has 0 aromatic carbocycles. The highest BCUT2D eigenvalue weighted by Crippen LogP contribution is 2.68. The topological polar surface area (TPSA) is 17.1 Å². The Morgan fingerprint density at radius 1 is 0.810 bits per heavy atom. The molecule has 0 aromatic heterocycles. The van der Waals surface area contributed by atoms with Crippen LogP contribution in [-0.2, 0) is 10.8 Å². The summed E-state index contributed by atoms with van der Waals surface area (Å²) >= 11 is 0. The molecule has 4 bridgehead atoms. The zero-order valence-electron chi connectivity index (χ0n) is 14.4. The van der Waals surface area contributed by atoms with Crippen LogP contribution in [0.15, 0.2) is 11.1 Å². The number of hydrogen-bond donors (Lipinski definition) is 0. The molecule has 21 heavy (non-hydrogen) atoms. The minimum atomic E-state index is -0.639. The Hall–Kier alpha value is -0.110. The van der Waals surface area contributed by atoms with E-state index in [1.807, 2.05) is 0 Å². The fourth-order valence-electron chi connectivity index (χ4n) is 6.33. The Balaban J connectivity index is 1.91. The molecule has 4 aliphatic rings. The maximum absolute atomic E-state index is 13.3. The van der Waals surface area contributed by atoms with Gasteiger partial charge in [0.2, 0.25) is 0 Å². The van der Waals surface area contributed by atoms with Crippen molar-refractivity contribution in [1.29, 1.82) is 0 Å². The average molecular weight is 307 g/mol. The Bertz CT molecular complexity index is 499. The van der Waals surface area contributed by atoms with E-state index >= 15 is 0 Å². The van der Waals surface area contributed by atoms with Crippen molar-refractivity contribution < 1.29 is 4.21 Å². The monoisotopic (exact) mass is 306 g/mol. The zero-order chi connectivity index (χ0) is 15.3. The SMILES string of the molecule is CC(C)(C)C1=C(C(C)(C)C)C2C3C4CCC(C4)C3C1S2=O. The van der Waals surface area contributed by atoms with E-state index in [2.05, 4.69) is 41.5 Å². The van der Waals surface area contributed by atoms with Crippen LogP contribution < -0.4 is 0 Å². The lowest BCUT2D eigenvalue weighted by atomic mass is 9.60. The zero-order valence-corrected chi connectivity index (χ0v) is 15.2. The molecule has 3 fully saturated rings. The average Bonchev–Trinajstić information content (AvgIpc) is 3.03. The molecule has 4 rings (SSSR count). The summed E-state index contributed by atoms with van der Waals surface area (Å²) in [7, 11) is -0.639. The molecular formula is C19H30OS. The first-order chi connectivity index (χ1) is 9.62. The summed E-state index contributed by atoms with van der Waals surface area (Å²) in [5.41, 5.74) is 3.52. The van der Waals surface area contributed by atoms with Gasteiger partial charge in [-0.1, -0.05) is 41.5 Å². The Morgan fingerprint density at radius 2 is 1.19 bits per heavy atom. The van der Waals surface area contributed by atoms with E-state index in [0.29, 0.717) is 10.5 Å². The number of rotatable bonds is 0. The van der Waals surface area contributed by atoms with Crippen LogP contribution in [0.5, 0.6) is 0 Å². The molecule has 1 nitrogen and oxygen atoms in total. The maximum atomic E-state index is 13.3. The van der Waals surface area contributed by atoms with Crippen molar-refractivity contribution in [2.45, 2.75) is 71.3 Å². The van der Waals surface area contributed by atoms with Crippen LogP contribution in [0.4, 0.5) is 0 Å². The predicted octanol–water partition coefficient (Wildman–Crippen LogP) is 4.55. The van der Waals surface area contributed by atoms with E-state index in [-0.39, 0.29) is 10.8 Å². The summed E-state index contributed by atoms with van der Waals surface area (Å²) in [5.74, 6) is 3.29. The Labute approximate surface area is 132 Å². The molecule has 0 aromatic rings. The third-order valence-electron chi connectivity index (χ3n) is 6.72. The molecule has 0 N–H and O–H groups in total. The third-order valence-corrected chi connectivity index (χ3v) is 8.82. The summed E-state index contributed by atoms with van der Waals surface area (Å²) in [6, 6.07) is 0. The van der Waals surface area contributed by atoms with Gasteiger partial charge in [0, 0.05) is 10.8 Å². The summed E-state index contributed by atoms with van der Waals surface area (Å²) in [6.45, 7) is 14.0. The molecule has 0 spiro atoms. The van der Waals surface area contributed by atoms with Crippen LogP contribution >= 0.6 is 0 Å². The second-order valence-electron chi connectivity index (χ2n) is 9.98. The minimum Gasteiger partial charge on any atom is -0.258 e. The van der Waals surface area contributed by atoms with Crippen molar-refractivity contribution in [3.05, 3.63) is 11.1 Å². The second-order valence-corrected chi connectivity index (χ2v) is 11.7. The Kier molecular flexibility index (Phi) is 2.79. The molecule has 0 amide bonds. The van der Waals surface area contributed by atoms with Gasteiger partial charge in [-0.15, -0.1) is 0 Å². The largest absolute Gasteiger partial charge is 0.258 e. The van der Waals surface area contributed by atoms with Gasteiger partial charge in [0.05, 0.1) is 10.5 Å². The highest BCUT2D eigenvalue weighted by molar-refractivity contribution is 7.87. The lowest BCUT2D eigenvalue weighted by Gasteiger charge is -2.43. The second kappa shape index (κ2) is 4.04. The normalized spacial score (nSPS) is 48.4. The lowest BCUT2D eigenvalue weighted by molar-refractivity contribution is 0.209. The molecule has 2 heterocycles. The van der Waals surface area contributed by atoms with Gasteiger partial charge in [-0.2, -0.15) is 0 Å². The van der Waals surface area contributed by atoms with Gasteiger partial charge in [-0.25, -0.2) is 0 Å². The molecule has 6 atom stereocenters. The molecule has 6 unspecified atom stereocenters. The number of hydrogen-bond acceptors (Lipinski definition) is 1. The predicted molar refractivity (Wildman–Crippen MR) is 89.5 cm³/mol. The molecule has 2 saturated carbocycles. The summed E-state index contributed by atoms with van der Waals surface area (Å²) in [5, 5.41) is 0.786. The molecule has 2 heteroatoms. The van der Waals surface area contributed by atoms with E-state index in [1.54, 1.807) is 11.1 Å². The van der Waals surface area contributed by atoms with Gasteiger partial charge >= 0.3 is 0 Å². The van der Waals surface area contributed by atoms with Crippen LogP contribution in [0.25, 0.3) is 0 Å². The highest BCUT2D eigenvalue weighted by atomic mass is 32.2. The maximum Gasteiger partial charge on any atom is 0.0605 e. The molecular weight excluding hydrogens is 276 g/mol. The standard InChI is InChI=1S/C19H30OS/c1-18(2,3)14-15(19(4,5)6)17-13-11-8-7-10(9-11)12(13)16(14)21(17)20/h10-13,16-17H,7-9H2,1-6H3. The van der Waals surface area contributed by atoms with Crippen molar-refractivity contribution in [1.82, 2.24) is 0 Å². The van der Waals surface area contributed by atoms with E-state index in [1.165, 1.54) is 19.3 Å². The van der Waals surface area contributed by atoms with Gasteiger partial charge in [0.1, 0.15) is 0 Å². The Morgan fingerprint density at radius 3 is 1.52 bits per heavy atom. The van der Waals surface area contributed by atoms with Crippen molar-refractivity contribution in [3.8, 4) is 0 Å². The quantitative estimate of drug-likeness (QED) is 0.600. The van der Waals surface area contributed by atoms with Crippen molar-refractivity contribution in [3.63, 3.8) is 0 Å². The van der Waals surface area contributed by atoms with Crippen molar-refractivity contribution in [2.24, 2.45) is 34.5 Å². The fraction of sp³-hybridized carbons (Fsp3) is 0.895. The summed E-state index contributed by atoms with van der Waals surface area (Å²) in [4.78, 5) is 0. The van der Waals surface area contributed by atoms with Crippen molar-refractivity contribution >= 4 is 10.8 Å². The van der Waals surface area contributed by atoms with E-state index < -0.39 is 10.8 Å². The summed E-state index contributed by atoms with van der Waals surface area (Å²) in [6.07, 6.45) is 4.26. The van der Waals surface area contributed by atoms with Crippen LogP contribution in [0.2, 0.25) is 0 Å². The van der Waals surface area contributed by atoms with Gasteiger partial charge in [0.25, 0.3) is 0 Å². The van der Waals surface area contributed by atoms with E-state index in [9.17, 15) is 4.21 Å². The van der Waals surface area contributed by atoms with Crippen LogP contribution in [0, 0.1) is 34.5 Å². The van der Waals surface area contributed by atoms with Gasteiger partial charge in [-0.05, 0) is 64.9 Å². The molecule has 2 aliphatic carbocycles. The first-order valence-electron chi connectivity index (χ1n) is 8.77. The first-order valence-corrected chi connectivity index (χ1v) is 10.0. The van der Waals surface area contributed by atoms with Gasteiger partial charge in [-0.3, -0.25) is 4.21 Å². The third kappa shape index (κ3) is 1.72. The lowest BCUT2D eigenvalue weighted by Crippen LogP contribution is -2.40. The molecule has 2 aliphatic heterocycles. The van der Waals surface area contributed by atoms with Crippen molar-refractivity contribution in [2.75, 3.05) is 0 Å². The molecule has 118 valence electrons. The van der Waals surface area contributed by atoms with E-state index in [4.69, 9.17) is 0 Å². The molecule has 1 saturated heterocycles. The van der Waals surface area contributed by atoms with E-state index in [0.717, 1.165) is 23.7 Å². The van der Waals surface area contributed by atoms with Gasteiger partial charge in [0.15, 0.2) is 0 Å². The fourth-order valence-corrected chi connectivity index (χ4v) is 9.50. The molecule has 0 radical (unpaired) electrons. The summed E-state index contributed by atoms with van der Waals surface area (Å²) < 4.78 is 13.3. The van der Waals surface area contributed by atoms with Crippen LogP contribution in [0.3, 0.4) is 0 Å². The van der Waals surface area contributed by atoms with Crippen LogP contribution in [-0.4, -0.2) is 14.7 Å². The highest BCUT2D eigenvalue weighted by Gasteiger charge is 2.67. The first kappa shape index (κ1) is 14.5. The van der Waals surface area contributed by atoms with Crippen LogP contribution in [0.1, 0.15) is 60.8 Å². The number of fused-ring (bicyclic) bond motifs is 9. The minimum absolute atomic E-state index is 0.171. The van der Waals surface area contributed by atoms with Gasteiger partial charge < -0.3 is 0 Å². The smallest absolute Gasteiger partial charge is 0.0605 e.